The second-order valence-corrected chi connectivity index (χ2v) is 4.67. The molecular formula is C14H9ClN2O2. The molecule has 3 rings (SSSR count). The maximum absolute atomic E-state index is 12.3. The minimum absolute atomic E-state index is 0.319. The van der Waals surface area contributed by atoms with Crippen molar-refractivity contribution in [2.45, 2.75) is 0 Å². The average molecular weight is 273 g/mol. The molecule has 2 N–H and O–H groups in total. The van der Waals surface area contributed by atoms with Crippen LogP contribution in [0.25, 0.3) is 0 Å². The smallest absolute Gasteiger partial charge is 0.266 e. The molecule has 0 bridgehead atoms. The van der Waals surface area contributed by atoms with E-state index in [1.165, 1.54) is 6.07 Å². The third kappa shape index (κ3) is 1.77. The van der Waals surface area contributed by atoms with E-state index in [2.05, 4.69) is 0 Å². The van der Waals surface area contributed by atoms with Gasteiger partial charge in [-0.2, -0.15) is 0 Å². The van der Waals surface area contributed by atoms with Gasteiger partial charge >= 0.3 is 0 Å². The predicted molar refractivity (Wildman–Crippen MR) is 73.4 cm³/mol. The standard InChI is InChI=1S/C14H9ClN2O2/c15-8-4-5-11-12(6-8)14(19)17(13(11)18)10-3-1-2-9(16)7-10/h1-7H,16H2. The van der Waals surface area contributed by atoms with Gasteiger partial charge < -0.3 is 5.73 Å². The summed E-state index contributed by atoms with van der Waals surface area (Å²) in [6, 6.07) is 11.3. The molecule has 94 valence electrons. The summed E-state index contributed by atoms with van der Waals surface area (Å²) < 4.78 is 0. The number of carbonyl (C=O) groups excluding carboxylic acids is 2. The number of imide groups is 1. The van der Waals surface area contributed by atoms with Crippen LogP contribution in [0.1, 0.15) is 20.7 Å². The fourth-order valence-corrected chi connectivity index (χ4v) is 2.28. The summed E-state index contributed by atoms with van der Waals surface area (Å²) in [5.41, 5.74) is 7.31. The highest BCUT2D eigenvalue weighted by atomic mass is 35.5. The quantitative estimate of drug-likeness (QED) is 0.641. The van der Waals surface area contributed by atoms with Crippen LogP contribution in [-0.2, 0) is 0 Å². The van der Waals surface area contributed by atoms with E-state index in [0.717, 1.165) is 4.90 Å². The molecule has 0 spiro atoms. The Hall–Kier alpha value is -2.33. The fourth-order valence-electron chi connectivity index (χ4n) is 2.11. The van der Waals surface area contributed by atoms with Crippen molar-refractivity contribution in [1.29, 1.82) is 0 Å². The number of halogens is 1. The molecule has 0 aliphatic carbocycles. The highest BCUT2D eigenvalue weighted by molar-refractivity contribution is 6.36. The van der Waals surface area contributed by atoms with Crippen molar-refractivity contribution in [2.75, 3.05) is 10.6 Å². The van der Waals surface area contributed by atoms with Gasteiger partial charge in [0.1, 0.15) is 0 Å². The molecule has 1 aliphatic rings. The molecular weight excluding hydrogens is 264 g/mol. The number of nitrogens with zero attached hydrogens (tertiary/aromatic N) is 1. The van der Waals surface area contributed by atoms with Crippen LogP contribution < -0.4 is 10.6 Å². The maximum atomic E-state index is 12.3. The molecule has 2 amide bonds. The second-order valence-electron chi connectivity index (χ2n) is 4.23. The molecule has 0 fully saturated rings. The highest BCUT2D eigenvalue weighted by Gasteiger charge is 2.36. The first-order valence-corrected chi connectivity index (χ1v) is 5.99. The van der Waals surface area contributed by atoms with Crippen molar-refractivity contribution in [3.05, 3.63) is 58.6 Å². The number of hydrogen-bond donors (Lipinski definition) is 1. The Labute approximate surface area is 114 Å². The van der Waals surface area contributed by atoms with Crippen LogP contribution in [0.3, 0.4) is 0 Å². The topological polar surface area (TPSA) is 63.4 Å². The van der Waals surface area contributed by atoms with Crippen molar-refractivity contribution >= 4 is 34.8 Å². The molecule has 0 radical (unpaired) electrons. The van der Waals surface area contributed by atoms with Gasteiger partial charge in [0, 0.05) is 10.7 Å². The number of fused-ring (bicyclic) bond motifs is 1. The summed E-state index contributed by atoms with van der Waals surface area (Å²) in [5, 5.41) is 0.425. The predicted octanol–water partition coefficient (Wildman–Crippen LogP) is 2.72. The van der Waals surface area contributed by atoms with E-state index in [-0.39, 0.29) is 11.8 Å². The van der Waals surface area contributed by atoms with Crippen LogP contribution in [0, 0.1) is 0 Å². The Kier molecular flexibility index (Phi) is 2.54. The van der Waals surface area contributed by atoms with Crippen molar-refractivity contribution in [3.63, 3.8) is 0 Å². The first-order valence-electron chi connectivity index (χ1n) is 5.62. The lowest BCUT2D eigenvalue weighted by Crippen LogP contribution is -2.29. The second kappa shape index (κ2) is 4.10. The third-order valence-electron chi connectivity index (χ3n) is 2.98. The first-order chi connectivity index (χ1) is 9.08. The van der Waals surface area contributed by atoms with Crippen molar-refractivity contribution in [2.24, 2.45) is 0 Å². The largest absolute Gasteiger partial charge is 0.399 e. The Morgan fingerprint density at radius 1 is 0.947 bits per heavy atom. The van der Waals surface area contributed by atoms with Gasteiger partial charge in [0.2, 0.25) is 0 Å². The SMILES string of the molecule is Nc1cccc(N2C(=O)c3ccc(Cl)cc3C2=O)c1. The molecule has 4 nitrogen and oxygen atoms in total. The average Bonchev–Trinajstić information content (AvgIpc) is 2.61. The Balaban J connectivity index is 2.13. The molecule has 0 unspecified atom stereocenters. The van der Waals surface area contributed by atoms with Gasteiger partial charge in [0.05, 0.1) is 16.8 Å². The van der Waals surface area contributed by atoms with Crippen molar-refractivity contribution in [1.82, 2.24) is 0 Å². The van der Waals surface area contributed by atoms with E-state index in [1.54, 1.807) is 36.4 Å². The number of hydrogen-bond acceptors (Lipinski definition) is 3. The van der Waals surface area contributed by atoms with Gasteiger partial charge in [-0.05, 0) is 36.4 Å². The minimum Gasteiger partial charge on any atom is -0.399 e. The zero-order valence-electron chi connectivity index (χ0n) is 9.76. The number of nitrogen functional groups attached to an aromatic ring is 1. The van der Waals surface area contributed by atoms with E-state index < -0.39 is 0 Å². The number of amides is 2. The van der Waals surface area contributed by atoms with Crippen LogP contribution in [0.4, 0.5) is 11.4 Å². The summed E-state index contributed by atoms with van der Waals surface area (Å²) in [5.74, 6) is -0.740. The molecule has 2 aromatic rings. The van der Waals surface area contributed by atoms with Gasteiger partial charge in [0.15, 0.2) is 0 Å². The summed E-state index contributed by atoms with van der Waals surface area (Å²) in [4.78, 5) is 25.6. The molecule has 5 heteroatoms. The minimum atomic E-state index is -0.381. The van der Waals surface area contributed by atoms with E-state index in [1.807, 2.05) is 0 Å². The van der Waals surface area contributed by atoms with E-state index in [9.17, 15) is 9.59 Å². The molecule has 0 saturated carbocycles. The lowest BCUT2D eigenvalue weighted by Gasteiger charge is -2.14. The molecule has 1 aliphatic heterocycles. The normalized spacial score (nSPS) is 13.8. The lowest BCUT2D eigenvalue weighted by molar-refractivity contribution is 0.0926. The Morgan fingerprint density at radius 2 is 1.68 bits per heavy atom. The third-order valence-corrected chi connectivity index (χ3v) is 3.21. The van der Waals surface area contributed by atoms with Crippen molar-refractivity contribution in [3.8, 4) is 0 Å². The van der Waals surface area contributed by atoms with Gasteiger partial charge in [-0.15, -0.1) is 0 Å². The van der Waals surface area contributed by atoms with Crippen LogP contribution in [0.5, 0.6) is 0 Å². The molecule has 1 heterocycles. The molecule has 2 aromatic carbocycles. The Bertz CT molecular complexity index is 712. The summed E-state index contributed by atoms with van der Waals surface area (Å²) >= 11 is 5.85. The molecule has 0 atom stereocenters. The molecule has 19 heavy (non-hydrogen) atoms. The zero-order valence-corrected chi connectivity index (χ0v) is 10.5. The van der Waals surface area contributed by atoms with Gasteiger partial charge in [-0.1, -0.05) is 17.7 Å². The van der Waals surface area contributed by atoms with Gasteiger partial charge in [-0.25, -0.2) is 4.90 Å². The number of carbonyl (C=O) groups is 2. The molecule has 0 aromatic heterocycles. The fraction of sp³-hybridized carbons (Fsp3) is 0. The maximum Gasteiger partial charge on any atom is 0.266 e. The number of anilines is 2. The van der Waals surface area contributed by atoms with Crippen LogP contribution in [-0.4, -0.2) is 11.8 Å². The lowest BCUT2D eigenvalue weighted by atomic mass is 10.1. The molecule has 0 saturated heterocycles. The van der Waals surface area contributed by atoms with E-state index >= 15 is 0 Å². The summed E-state index contributed by atoms with van der Waals surface area (Å²) in [6.45, 7) is 0. The summed E-state index contributed by atoms with van der Waals surface area (Å²) in [6.07, 6.45) is 0. The zero-order chi connectivity index (χ0) is 13.6. The number of benzene rings is 2. The Morgan fingerprint density at radius 3 is 2.42 bits per heavy atom. The first kappa shape index (κ1) is 11.7. The monoisotopic (exact) mass is 272 g/mol. The highest BCUT2D eigenvalue weighted by Crippen LogP contribution is 2.30. The van der Waals surface area contributed by atoms with Gasteiger partial charge in [0.25, 0.3) is 11.8 Å². The van der Waals surface area contributed by atoms with Crippen LogP contribution in [0.2, 0.25) is 5.02 Å². The van der Waals surface area contributed by atoms with Crippen LogP contribution in [0.15, 0.2) is 42.5 Å². The van der Waals surface area contributed by atoms with Gasteiger partial charge in [-0.3, -0.25) is 9.59 Å². The van der Waals surface area contributed by atoms with E-state index in [4.69, 9.17) is 17.3 Å². The van der Waals surface area contributed by atoms with E-state index in [0.29, 0.717) is 27.5 Å². The number of rotatable bonds is 1. The number of nitrogens with two attached hydrogens (primary N) is 1. The van der Waals surface area contributed by atoms with Crippen molar-refractivity contribution < 1.29 is 9.59 Å². The van der Waals surface area contributed by atoms with Crippen LogP contribution >= 0.6 is 11.6 Å². The summed E-state index contributed by atoms with van der Waals surface area (Å²) in [7, 11) is 0.